The van der Waals surface area contributed by atoms with Crippen LogP contribution in [0.15, 0.2) is 36.4 Å². The van der Waals surface area contributed by atoms with Crippen LogP contribution in [0.5, 0.6) is 23.0 Å². The molecule has 3 aromatic rings. The molecule has 0 radical (unpaired) electrons. The van der Waals surface area contributed by atoms with Gasteiger partial charge in [0.1, 0.15) is 23.0 Å². The van der Waals surface area contributed by atoms with Crippen molar-refractivity contribution < 1.29 is 28.5 Å². The largest absolute Gasteiger partial charge is 0.497 e. The summed E-state index contributed by atoms with van der Waals surface area (Å²) in [6, 6.07) is 10.1. The highest BCUT2D eigenvalue weighted by atomic mass is 32.1. The molecule has 2 N–H and O–H groups in total. The fourth-order valence-corrected chi connectivity index (χ4v) is 4.81. The molecule has 1 atom stereocenters. The Morgan fingerprint density at radius 3 is 2.26 bits per heavy atom. The number of aromatic nitrogens is 1. The summed E-state index contributed by atoms with van der Waals surface area (Å²) in [4.78, 5) is 31.4. The monoisotopic (exact) mass is 483 g/mol. The first-order valence-corrected chi connectivity index (χ1v) is 11.3. The molecule has 0 fully saturated rings. The van der Waals surface area contributed by atoms with Gasteiger partial charge in [0.05, 0.1) is 45.7 Å². The van der Waals surface area contributed by atoms with Crippen LogP contribution in [0.4, 0.5) is 10.8 Å². The zero-order valence-electron chi connectivity index (χ0n) is 19.3. The number of ether oxygens (including phenoxy) is 4. The Hall–Kier alpha value is -3.79. The molecule has 1 heterocycles. The lowest BCUT2D eigenvalue weighted by Gasteiger charge is -2.14. The van der Waals surface area contributed by atoms with Crippen LogP contribution in [0.2, 0.25) is 0 Å². The second-order valence-corrected chi connectivity index (χ2v) is 8.61. The summed E-state index contributed by atoms with van der Waals surface area (Å²) >= 11 is 1.38. The van der Waals surface area contributed by atoms with Gasteiger partial charge in [-0.3, -0.25) is 14.9 Å². The zero-order chi connectivity index (χ0) is 24.2. The predicted molar refractivity (Wildman–Crippen MR) is 129 cm³/mol. The van der Waals surface area contributed by atoms with Gasteiger partial charge < -0.3 is 24.3 Å². The number of hydrogen-bond acceptors (Lipinski definition) is 8. The van der Waals surface area contributed by atoms with Crippen molar-refractivity contribution in [2.45, 2.75) is 18.8 Å². The number of aryl methyl sites for hydroxylation is 1. The molecule has 178 valence electrons. The van der Waals surface area contributed by atoms with E-state index in [9.17, 15) is 9.59 Å². The Labute approximate surface area is 201 Å². The van der Waals surface area contributed by atoms with Crippen molar-refractivity contribution in [1.29, 1.82) is 0 Å². The van der Waals surface area contributed by atoms with Crippen molar-refractivity contribution in [3.05, 3.63) is 52.5 Å². The maximum atomic E-state index is 13.1. The molecule has 2 aromatic carbocycles. The molecule has 1 aliphatic carbocycles. The van der Waals surface area contributed by atoms with Gasteiger partial charge in [-0.15, -0.1) is 11.3 Å². The Balaban J connectivity index is 1.50. The highest BCUT2D eigenvalue weighted by Gasteiger charge is 2.33. The molecule has 0 saturated carbocycles. The summed E-state index contributed by atoms with van der Waals surface area (Å²) < 4.78 is 21.1. The highest BCUT2D eigenvalue weighted by Crippen LogP contribution is 2.40. The lowest BCUT2D eigenvalue weighted by atomic mass is 10.1. The Morgan fingerprint density at radius 1 is 0.912 bits per heavy atom. The average Bonchev–Trinajstić information content (AvgIpc) is 3.43. The van der Waals surface area contributed by atoms with Crippen molar-refractivity contribution in [3.63, 3.8) is 0 Å². The molecule has 0 bridgehead atoms. The number of thiazole rings is 1. The van der Waals surface area contributed by atoms with E-state index < -0.39 is 5.92 Å². The van der Waals surface area contributed by atoms with E-state index in [2.05, 4.69) is 15.6 Å². The van der Waals surface area contributed by atoms with Gasteiger partial charge in [-0.05, 0) is 37.1 Å². The molecular weight excluding hydrogens is 458 g/mol. The zero-order valence-corrected chi connectivity index (χ0v) is 20.1. The van der Waals surface area contributed by atoms with E-state index in [1.807, 2.05) is 0 Å². The normalized spacial score (nSPS) is 14.2. The second kappa shape index (κ2) is 10.0. The topological polar surface area (TPSA) is 108 Å². The summed E-state index contributed by atoms with van der Waals surface area (Å²) in [5.41, 5.74) is 1.59. The van der Waals surface area contributed by atoms with Gasteiger partial charge in [-0.1, -0.05) is 0 Å². The summed E-state index contributed by atoms with van der Waals surface area (Å²) in [5, 5.41) is 6.19. The van der Waals surface area contributed by atoms with Gasteiger partial charge in [0, 0.05) is 22.6 Å². The van der Waals surface area contributed by atoms with Gasteiger partial charge in [-0.2, -0.15) is 0 Å². The van der Waals surface area contributed by atoms with Crippen LogP contribution in [0.25, 0.3) is 0 Å². The van der Waals surface area contributed by atoms with Gasteiger partial charge in [0.2, 0.25) is 5.91 Å². The molecule has 9 nitrogen and oxygen atoms in total. The average molecular weight is 484 g/mol. The Kier molecular flexibility index (Phi) is 6.87. The molecule has 0 spiro atoms. The van der Waals surface area contributed by atoms with Crippen molar-refractivity contribution in [2.75, 3.05) is 39.1 Å². The van der Waals surface area contributed by atoms with Crippen LogP contribution in [-0.4, -0.2) is 45.2 Å². The number of carbonyl (C=O) groups excluding carboxylic acids is 2. The Morgan fingerprint density at radius 2 is 1.62 bits per heavy atom. The number of nitrogens with zero attached hydrogens (tertiary/aromatic N) is 1. The van der Waals surface area contributed by atoms with Crippen molar-refractivity contribution in [1.82, 2.24) is 4.98 Å². The highest BCUT2D eigenvalue weighted by molar-refractivity contribution is 7.16. The van der Waals surface area contributed by atoms with E-state index in [1.54, 1.807) is 50.6 Å². The van der Waals surface area contributed by atoms with E-state index in [4.69, 9.17) is 18.9 Å². The molecular formula is C24H25N3O6S. The van der Waals surface area contributed by atoms with E-state index in [0.29, 0.717) is 57.9 Å². The number of rotatable bonds is 8. The number of benzene rings is 2. The number of nitrogens with one attached hydrogen (secondary N) is 2. The van der Waals surface area contributed by atoms with E-state index in [1.165, 1.54) is 25.6 Å². The number of carbonyl (C=O) groups is 2. The van der Waals surface area contributed by atoms with Gasteiger partial charge >= 0.3 is 0 Å². The lowest BCUT2D eigenvalue weighted by molar-refractivity contribution is -0.117. The van der Waals surface area contributed by atoms with Crippen molar-refractivity contribution in [2.24, 2.45) is 0 Å². The lowest BCUT2D eigenvalue weighted by Crippen LogP contribution is -2.20. The van der Waals surface area contributed by atoms with Crippen molar-refractivity contribution >= 4 is 34.0 Å². The van der Waals surface area contributed by atoms with E-state index in [-0.39, 0.29) is 11.8 Å². The molecule has 1 aliphatic rings. The minimum Gasteiger partial charge on any atom is -0.497 e. The molecule has 1 aromatic heterocycles. The summed E-state index contributed by atoms with van der Waals surface area (Å²) in [6.45, 7) is 0. The molecule has 4 rings (SSSR count). The number of methoxy groups -OCH3 is 4. The van der Waals surface area contributed by atoms with Gasteiger partial charge in [-0.25, -0.2) is 4.98 Å². The number of hydrogen-bond donors (Lipinski definition) is 2. The smallest absolute Gasteiger partial charge is 0.257 e. The third-order valence-corrected chi connectivity index (χ3v) is 6.58. The SMILES string of the molecule is COc1cc(OC)cc(C(=O)Nc2nc3c(s2)CCC3C(=O)Nc2cc(OC)ccc2OC)c1. The fraction of sp³-hybridized carbons (Fsp3) is 0.292. The quantitative estimate of drug-likeness (QED) is 0.497. The molecule has 10 heteroatoms. The number of fused-ring (bicyclic) bond motifs is 1. The van der Waals surface area contributed by atoms with Crippen LogP contribution in [-0.2, 0) is 11.2 Å². The molecule has 2 amide bonds. The minimum atomic E-state index is -0.426. The maximum Gasteiger partial charge on any atom is 0.257 e. The predicted octanol–water partition coefficient (Wildman–Crippen LogP) is 4.10. The molecule has 0 saturated heterocycles. The van der Waals surface area contributed by atoms with E-state index in [0.717, 1.165) is 4.88 Å². The summed E-state index contributed by atoms with van der Waals surface area (Å²) in [7, 11) is 6.14. The maximum absolute atomic E-state index is 13.1. The number of anilines is 2. The van der Waals surface area contributed by atoms with Gasteiger partial charge in [0.15, 0.2) is 5.13 Å². The first-order chi connectivity index (χ1) is 16.4. The second-order valence-electron chi connectivity index (χ2n) is 7.53. The summed E-state index contributed by atoms with van der Waals surface area (Å²) in [6.07, 6.45) is 1.36. The number of amides is 2. The first kappa shape index (κ1) is 23.4. The third kappa shape index (κ3) is 4.76. The van der Waals surface area contributed by atoms with Crippen LogP contribution in [0, 0.1) is 0 Å². The van der Waals surface area contributed by atoms with Crippen LogP contribution >= 0.6 is 11.3 Å². The molecule has 34 heavy (non-hydrogen) atoms. The fourth-order valence-electron chi connectivity index (χ4n) is 3.78. The Bertz CT molecular complexity index is 1200. The third-order valence-electron chi connectivity index (χ3n) is 5.53. The first-order valence-electron chi connectivity index (χ1n) is 10.5. The van der Waals surface area contributed by atoms with Crippen molar-refractivity contribution in [3.8, 4) is 23.0 Å². The van der Waals surface area contributed by atoms with E-state index >= 15 is 0 Å². The molecule has 1 unspecified atom stereocenters. The van der Waals surface area contributed by atoms with Crippen LogP contribution in [0.1, 0.15) is 33.3 Å². The summed E-state index contributed by atoms with van der Waals surface area (Å²) in [5.74, 6) is 1.21. The molecule has 0 aliphatic heterocycles. The van der Waals surface area contributed by atoms with Crippen LogP contribution in [0.3, 0.4) is 0 Å². The minimum absolute atomic E-state index is 0.189. The van der Waals surface area contributed by atoms with Gasteiger partial charge in [0.25, 0.3) is 5.91 Å². The standard InChI is InChI=1S/C24H25N3O6S/c1-30-14-5-7-19(33-4)18(12-14)25-23(29)17-6-8-20-21(17)26-24(34-20)27-22(28)13-9-15(31-2)11-16(10-13)32-3/h5,7,9-12,17H,6,8H2,1-4H3,(H,25,29)(H,26,27,28). The van der Waals surface area contributed by atoms with Crippen LogP contribution < -0.4 is 29.6 Å².